The number of ether oxygens (including phenoxy) is 6. The van der Waals surface area contributed by atoms with Crippen molar-refractivity contribution in [2.45, 2.75) is 210 Å². The molecule has 8 rings (SSSR count). The number of aliphatic hydroxyl groups excluding tert-OH is 10. The predicted molar refractivity (Wildman–Crippen MR) is 216 cm³/mol. The van der Waals surface area contributed by atoms with Crippen molar-refractivity contribution in [2.75, 3.05) is 19.8 Å². The van der Waals surface area contributed by atoms with Gasteiger partial charge in [0.1, 0.15) is 54.9 Å². The molecule has 2 spiro atoms. The van der Waals surface area contributed by atoms with Crippen molar-refractivity contribution in [3.63, 3.8) is 0 Å². The normalized spacial score (nSPS) is 54.7. The van der Waals surface area contributed by atoms with E-state index in [2.05, 4.69) is 34.6 Å². The predicted octanol–water partition coefficient (Wildman–Crippen LogP) is -0.334. The van der Waals surface area contributed by atoms with Crippen molar-refractivity contribution in [2.24, 2.45) is 50.7 Å². The summed E-state index contributed by atoms with van der Waals surface area (Å²) in [6.07, 6.45) is -13.1. The maximum absolute atomic E-state index is 12.1. The van der Waals surface area contributed by atoms with Gasteiger partial charge >= 0.3 is 0 Å². The molecule has 8 aliphatic rings. The third-order valence-corrected chi connectivity index (χ3v) is 18.6. The van der Waals surface area contributed by atoms with Crippen LogP contribution >= 0.6 is 0 Å². The third-order valence-electron chi connectivity index (χ3n) is 18.6. The number of hydrogen-bond acceptors (Lipinski definition) is 17. The summed E-state index contributed by atoms with van der Waals surface area (Å²) in [5.74, 6) is -0.0380. The smallest absolute Gasteiger partial charge is 0.186 e. The van der Waals surface area contributed by atoms with Crippen molar-refractivity contribution >= 4 is 0 Å². The van der Waals surface area contributed by atoms with Crippen molar-refractivity contribution < 1.29 is 84.6 Å². The first-order chi connectivity index (χ1) is 28.8. The minimum absolute atomic E-state index is 0.0423. The Morgan fingerprint density at radius 2 is 1.21 bits per heavy atom. The van der Waals surface area contributed by atoms with Gasteiger partial charge in [0.25, 0.3) is 0 Å². The number of hydrogen-bond donors (Lipinski definition) is 11. The van der Waals surface area contributed by atoms with E-state index in [0.717, 1.165) is 25.7 Å². The topological polar surface area (TPSA) is 278 Å². The molecule has 3 heterocycles. The third kappa shape index (κ3) is 7.38. The Labute approximate surface area is 364 Å². The molecule has 3 aliphatic heterocycles. The van der Waals surface area contributed by atoms with Crippen LogP contribution in [0.5, 0.6) is 0 Å². The molecule has 0 aromatic rings. The van der Waals surface area contributed by atoms with Crippen LogP contribution in [0.15, 0.2) is 0 Å². The molecule has 3 saturated heterocycles. The van der Waals surface area contributed by atoms with Crippen molar-refractivity contribution in [3.8, 4) is 0 Å². The van der Waals surface area contributed by atoms with Crippen LogP contribution in [0.1, 0.15) is 106 Å². The van der Waals surface area contributed by atoms with Crippen LogP contribution < -0.4 is 0 Å². The Morgan fingerprint density at radius 3 is 1.81 bits per heavy atom. The zero-order valence-electron chi connectivity index (χ0n) is 37.4. The van der Waals surface area contributed by atoms with Crippen molar-refractivity contribution in [1.29, 1.82) is 0 Å². The highest BCUT2D eigenvalue weighted by Crippen LogP contribution is 2.89. The Bertz CT molecular complexity index is 1600. The fraction of sp³-hybridized carbons (Fsp3) is 1.00. The molecule has 0 aromatic heterocycles. The summed E-state index contributed by atoms with van der Waals surface area (Å²) >= 11 is 0. The van der Waals surface area contributed by atoms with Crippen LogP contribution in [-0.4, -0.2) is 180 Å². The Kier molecular flexibility index (Phi) is 12.7. The lowest BCUT2D eigenvalue weighted by molar-refractivity contribution is -0.359. The molecule has 5 aliphatic carbocycles. The van der Waals surface area contributed by atoms with Gasteiger partial charge in [0.2, 0.25) is 0 Å². The molecule has 5 saturated carbocycles. The Hall–Kier alpha value is -0.680. The van der Waals surface area contributed by atoms with Crippen molar-refractivity contribution in [3.05, 3.63) is 0 Å². The second-order valence-electron chi connectivity index (χ2n) is 22.6. The van der Waals surface area contributed by atoms with Crippen LogP contribution in [0.25, 0.3) is 0 Å². The molecule has 1 unspecified atom stereocenters. The minimum Gasteiger partial charge on any atom is -0.393 e. The molecule has 0 aromatic carbocycles. The van der Waals surface area contributed by atoms with Crippen LogP contribution in [0.2, 0.25) is 0 Å². The van der Waals surface area contributed by atoms with E-state index in [1.165, 1.54) is 0 Å². The minimum atomic E-state index is -1.65. The average molecular weight is 889 g/mol. The highest BCUT2D eigenvalue weighted by molar-refractivity contribution is 5.33. The number of fused-ring (bicyclic) bond motifs is 2. The van der Waals surface area contributed by atoms with Gasteiger partial charge in [-0.2, -0.15) is 0 Å². The van der Waals surface area contributed by atoms with E-state index in [1.807, 2.05) is 0 Å². The van der Waals surface area contributed by atoms with Gasteiger partial charge in [-0.15, -0.1) is 0 Å². The first kappa shape index (κ1) is 47.8. The van der Waals surface area contributed by atoms with Gasteiger partial charge in [-0.05, 0) is 122 Å². The summed E-state index contributed by atoms with van der Waals surface area (Å²) in [7, 11) is 0. The fourth-order valence-electron chi connectivity index (χ4n) is 15.1. The van der Waals surface area contributed by atoms with E-state index in [9.17, 15) is 56.2 Å². The molecule has 358 valence electrons. The van der Waals surface area contributed by atoms with Gasteiger partial charge in [0.15, 0.2) is 18.9 Å². The molecule has 0 radical (unpaired) electrons. The second-order valence-corrected chi connectivity index (χ2v) is 22.6. The maximum Gasteiger partial charge on any atom is 0.186 e. The lowest BCUT2D eigenvalue weighted by Gasteiger charge is -2.65. The van der Waals surface area contributed by atoms with Gasteiger partial charge in [-0.3, -0.25) is 0 Å². The van der Waals surface area contributed by atoms with E-state index < -0.39 is 109 Å². The molecule has 8 fully saturated rings. The number of aliphatic hydroxyl groups is 11. The first-order valence-corrected chi connectivity index (χ1v) is 23.2. The van der Waals surface area contributed by atoms with E-state index in [1.54, 1.807) is 13.8 Å². The van der Waals surface area contributed by atoms with Crippen LogP contribution in [-0.2, 0) is 28.4 Å². The summed E-state index contributed by atoms with van der Waals surface area (Å²) in [5, 5.41) is 118. The molecule has 24 atom stereocenters. The van der Waals surface area contributed by atoms with E-state index in [0.29, 0.717) is 32.1 Å². The quantitative estimate of drug-likeness (QED) is 0.119. The highest BCUT2D eigenvalue weighted by Gasteiger charge is 2.84. The summed E-state index contributed by atoms with van der Waals surface area (Å²) < 4.78 is 37.1. The van der Waals surface area contributed by atoms with E-state index >= 15 is 0 Å². The summed E-state index contributed by atoms with van der Waals surface area (Å²) in [6.45, 7) is 13.5. The summed E-state index contributed by atoms with van der Waals surface area (Å²) in [4.78, 5) is 0. The SMILES string of the molecule is C[C@H](CC[C@H](O)C(C)(C)O)[C@H]1[C@@H](O)C[C@@]2(C)[C@@H]3C[C@H](O[C@@H]4OC[C@@H](O)[C@H](O)[C@H]4O)C4C(C)(C)[C@@H](O[C@@H]5OC[C@@H](O)[C@H](O)[C@H]5O[C@H]5OC[C@@H](O)[C@@H](O)[C@@H]5O)CC[C@@]45C[C@@]35CC[C@]12C. The van der Waals surface area contributed by atoms with E-state index in [-0.39, 0.29) is 65.2 Å². The second kappa shape index (κ2) is 16.5. The molecule has 0 amide bonds. The standard InChI is InChI=1S/C45H76O17/c1-20(8-9-27(50)41(4,5)56)29-21(46)15-43(7)26-14-25(60-37-33(54)30(51)22(47)16-57-37)36-40(2,3)28(10-11-45(36)19-44(26,45)13-12-42(29,43)6)61-39-35(32(53)24(49)18-59-39)62-38-34(55)31(52)23(48)17-58-38/h20-39,46-56H,8-19H2,1-7H3/t20-,21+,22-,23-,24-,25+,26+,27+,28+,29+,30+,31-,32+,33-,34+,35-,36?,37+,38-,39+,42-,43+,44+,45-/m1/s1. The zero-order valence-corrected chi connectivity index (χ0v) is 37.4. The van der Waals surface area contributed by atoms with Gasteiger partial charge in [-0.1, -0.05) is 34.6 Å². The molecular formula is C45H76O17. The van der Waals surface area contributed by atoms with Crippen molar-refractivity contribution in [1.82, 2.24) is 0 Å². The molecular weight excluding hydrogens is 812 g/mol. The molecule has 62 heavy (non-hydrogen) atoms. The largest absolute Gasteiger partial charge is 0.393 e. The van der Waals surface area contributed by atoms with Crippen LogP contribution in [0, 0.1) is 50.7 Å². The first-order valence-electron chi connectivity index (χ1n) is 23.2. The molecule has 11 N–H and O–H groups in total. The van der Waals surface area contributed by atoms with Gasteiger partial charge < -0.3 is 84.6 Å². The highest BCUT2D eigenvalue weighted by atomic mass is 16.8. The molecule has 0 bridgehead atoms. The maximum atomic E-state index is 12.1. The number of rotatable bonds is 11. The monoisotopic (exact) mass is 889 g/mol. The Morgan fingerprint density at radius 1 is 0.645 bits per heavy atom. The van der Waals surface area contributed by atoms with Gasteiger partial charge in [0.05, 0.1) is 49.8 Å². The zero-order chi connectivity index (χ0) is 45.3. The van der Waals surface area contributed by atoms with Crippen LogP contribution in [0.4, 0.5) is 0 Å². The Balaban J connectivity index is 1.09. The van der Waals surface area contributed by atoms with Gasteiger partial charge in [-0.25, -0.2) is 0 Å². The fourth-order valence-corrected chi connectivity index (χ4v) is 15.1. The lowest BCUT2D eigenvalue weighted by atomic mass is 9.41. The summed E-state index contributed by atoms with van der Waals surface area (Å²) in [6, 6.07) is 0. The lowest BCUT2D eigenvalue weighted by Crippen LogP contribution is -2.65. The molecule has 17 nitrogen and oxygen atoms in total. The summed E-state index contributed by atoms with van der Waals surface area (Å²) in [5.41, 5.74) is -2.79. The van der Waals surface area contributed by atoms with Crippen LogP contribution in [0.3, 0.4) is 0 Å². The van der Waals surface area contributed by atoms with E-state index in [4.69, 9.17) is 28.4 Å². The van der Waals surface area contributed by atoms with Gasteiger partial charge in [0, 0.05) is 0 Å². The average Bonchev–Trinajstić information content (AvgIpc) is 3.80. The molecule has 17 heteroatoms.